The Morgan fingerprint density at radius 3 is 2.19 bits per heavy atom. The minimum Gasteiger partial charge on any atom is -0.0751 e. The van der Waals surface area contributed by atoms with E-state index in [1.54, 1.807) is 5.30 Å². The lowest BCUT2D eigenvalue weighted by Gasteiger charge is -2.23. The van der Waals surface area contributed by atoms with E-state index in [0.29, 0.717) is 0 Å². The Balaban J connectivity index is 2.47. The zero-order chi connectivity index (χ0) is 15.5. The Morgan fingerprint density at radius 2 is 1.62 bits per heavy atom. The standard InChI is InChI=1S/C20H35P/c1-5-11-19(7-3)15-14-18(4)17-21(16-6-2)20-12-9-8-10-13-20/h8-10,12-13,18-19H,5-7,11,14-17H2,1-4H3. The van der Waals surface area contributed by atoms with Crippen LogP contribution in [0.15, 0.2) is 30.3 Å². The van der Waals surface area contributed by atoms with E-state index in [0.717, 1.165) is 11.8 Å². The van der Waals surface area contributed by atoms with Gasteiger partial charge in [0.15, 0.2) is 0 Å². The molecule has 0 N–H and O–H groups in total. The maximum Gasteiger partial charge on any atom is -0.0240 e. The highest BCUT2D eigenvalue weighted by atomic mass is 31.1. The minimum absolute atomic E-state index is 0.0618. The molecule has 0 spiro atoms. The van der Waals surface area contributed by atoms with E-state index in [1.807, 2.05) is 0 Å². The molecular weight excluding hydrogens is 271 g/mol. The molecule has 1 aromatic rings. The molecule has 0 saturated carbocycles. The first-order valence-electron chi connectivity index (χ1n) is 9.01. The molecular formula is C20H35P. The molecule has 0 aliphatic heterocycles. The van der Waals surface area contributed by atoms with Gasteiger partial charge in [0.25, 0.3) is 0 Å². The summed E-state index contributed by atoms with van der Waals surface area (Å²) >= 11 is 0. The van der Waals surface area contributed by atoms with Crippen molar-refractivity contribution in [2.75, 3.05) is 12.3 Å². The van der Waals surface area contributed by atoms with Crippen molar-refractivity contribution < 1.29 is 0 Å². The lowest BCUT2D eigenvalue weighted by atomic mass is 9.92. The molecule has 0 amide bonds. The first kappa shape index (κ1) is 18.7. The molecule has 0 fully saturated rings. The highest BCUT2D eigenvalue weighted by Gasteiger charge is 2.15. The Labute approximate surface area is 134 Å². The Hall–Kier alpha value is -0.350. The van der Waals surface area contributed by atoms with Gasteiger partial charge in [-0.1, -0.05) is 104 Å². The molecule has 21 heavy (non-hydrogen) atoms. The number of hydrogen-bond acceptors (Lipinski definition) is 0. The quantitative estimate of drug-likeness (QED) is 0.412. The molecule has 0 aromatic heterocycles. The number of benzene rings is 1. The Bertz CT molecular complexity index is 346. The van der Waals surface area contributed by atoms with E-state index in [9.17, 15) is 0 Å². The second kappa shape index (κ2) is 11.2. The molecule has 1 heteroatoms. The van der Waals surface area contributed by atoms with Gasteiger partial charge in [-0.15, -0.1) is 0 Å². The van der Waals surface area contributed by atoms with E-state index in [1.165, 1.54) is 50.8 Å². The first-order chi connectivity index (χ1) is 10.2. The molecule has 0 radical (unpaired) electrons. The van der Waals surface area contributed by atoms with Crippen LogP contribution in [-0.4, -0.2) is 12.3 Å². The first-order valence-corrected chi connectivity index (χ1v) is 10.7. The predicted molar refractivity (Wildman–Crippen MR) is 100 cm³/mol. The van der Waals surface area contributed by atoms with Crippen LogP contribution in [0.2, 0.25) is 0 Å². The van der Waals surface area contributed by atoms with Crippen LogP contribution in [0.3, 0.4) is 0 Å². The molecule has 1 aromatic carbocycles. The van der Waals surface area contributed by atoms with Crippen LogP contribution in [0.5, 0.6) is 0 Å². The van der Waals surface area contributed by atoms with Gasteiger partial charge in [-0.25, -0.2) is 0 Å². The Kier molecular flexibility index (Phi) is 10.0. The van der Waals surface area contributed by atoms with Gasteiger partial charge >= 0.3 is 0 Å². The van der Waals surface area contributed by atoms with Crippen molar-refractivity contribution in [3.05, 3.63) is 30.3 Å². The van der Waals surface area contributed by atoms with Gasteiger partial charge in [-0.2, -0.15) is 0 Å². The zero-order valence-corrected chi connectivity index (χ0v) is 15.5. The topological polar surface area (TPSA) is 0 Å². The SMILES string of the molecule is CCCC(CC)CCC(C)CP(CCC)c1ccccc1. The van der Waals surface area contributed by atoms with Gasteiger partial charge in [0.05, 0.1) is 0 Å². The third kappa shape index (κ3) is 7.46. The average molecular weight is 306 g/mol. The van der Waals surface area contributed by atoms with Crippen LogP contribution in [-0.2, 0) is 0 Å². The average Bonchev–Trinajstić information content (AvgIpc) is 2.52. The molecule has 0 saturated heterocycles. The van der Waals surface area contributed by atoms with E-state index < -0.39 is 0 Å². The fraction of sp³-hybridized carbons (Fsp3) is 0.700. The summed E-state index contributed by atoms with van der Waals surface area (Å²) in [6, 6.07) is 11.3. The van der Waals surface area contributed by atoms with E-state index in [4.69, 9.17) is 0 Å². The van der Waals surface area contributed by atoms with Gasteiger partial charge in [-0.3, -0.25) is 0 Å². The van der Waals surface area contributed by atoms with Crippen molar-refractivity contribution in [3.8, 4) is 0 Å². The van der Waals surface area contributed by atoms with Crippen molar-refractivity contribution >= 4 is 13.2 Å². The normalized spacial score (nSPS) is 15.6. The monoisotopic (exact) mass is 306 g/mol. The summed E-state index contributed by atoms with van der Waals surface area (Å²) in [6.07, 6.45) is 11.1. The van der Waals surface area contributed by atoms with Crippen LogP contribution < -0.4 is 5.30 Å². The third-order valence-electron chi connectivity index (χ3n) is 4.49. The second-order valence-electron chi connectivity index (χ2n) is 6.53. The second-order valence-corrected chi connectivity index (χ2v) is 8.94. The van der Waals surface area contributed by atoms with Crippen molar-refractivity contribution in [3.63, 3.8) is 0 Å². The highest BCUT2D eigenvalue weighted by molar-refractivity contribution is 7.65. The third-order valence-corrected chi connectivity index (χ3v) is 7.57. The van der Waals surface area contributed by atoms with Crippen LogP contribution in [0.25, 0.3) is 0 Å². The Morgan fingerprint density at radius 1 is 0.905 bits per heavy atom. The molecule has 0 bridgehead atoms. The summed E-state index contributed by atoms with van der Waals surface area (Å²) in [4.78, 5) is 0. The fourth-order valence-corrected chi connectivity index (χ4v) is 5.90. The van der Waals surface area contributed by atoms with Crippen molar-refractivity contribution in [2.45, 2.75) is 66.2 Å². The number of rotatable bonds is 11. The predicted octanol–water partition coefficient (Wildman–Crippen LogP) is 6.45. The summed E-state index contributed by atoms with van der Waals surface area (Å²) in [5.74, 6) is 1.85. The van der Waals surface area contributed by atoms with E-state index >= 15 is 0 Å². The van der Waals surface area contributed by atoms with Crippen LogP contribution in [0.4, 0.5) is 0 Å². The largest absolute Gasteiger partial charge is 0.0751 e. The highest BCUT2D eigenvalue weighted by Crippen LogP contribution is 2.38. The van der Waals surface area contributed by atoms with Gasteiger partial charge in [0.2, 0.25) is 0 Å². The van der Waals surface area contributed by atoms with Gasteiger partial charge in [-0.05, 0) is 29.5 Å². The molecule has 1 rings (SSSR count). The maximum absolute atomic E-state index is 2.48. The maximum atomic E-state index is 2.48. The summed E-state index contributed by atoms with van der Waals surface area (Å²) < 4.78 is 0. The molecule has 0 heterocycles. The summed E-state index contributed by atoms with van der Waals surface area (Å²) in [5, 5.41) is 1.61. The van der Waals surface area contributed by atoms with Gasteiger partial charge < -0.3 is 0 Å². The van der Waals surface area contributed by atoms with E-state index in [2.05, 4.69) is 58.0 Å². The fourth-order valence-electron chi connectivity index (χ4n) is 3.18. The van der Waals surface area contributed by atoms with Gasteiger partial charge in [0, 0.05) is 0 Å². The van der Waals surface area contributed by atoms with Crippen LogP contribution in [0, 0.1) is 11.8 Å². The van der Waals surface area contributed by atoms with Crippen molar-refractivity contribution in [2.24, 2.45) is 11.8 Å². The van der Waals surface area contributed by atoms with Crippen molar-refractivity contribution in [1.29, 1.82) is 0 Å². The molecule has 0 nitrogen and oxygen atoms in total. The summed E-state index contributed by atoms with van der Waals surface area (Å²) in [6.45, 7) is 9.49. The number of hydrogen-bond donors (Lipinski definition) is 0. The van der Waals surface area contributed by atoms with Crippen LogP contribution in [0.1, 0.15) is 66.2 Å². The summed E-state index contributed by atoms with van der Waals surface area (Å²) in [7, 11) is 0.0618. The zero-order valence-electron chi connectivity index (χ0n) is 14.6. The van der Waals surface area contributed by atoms with Crippen molar-refractivity contribution in [1.82, 2.24) is 0 Å². The lowest BCUT2D eigenvalue weighted by molar-refractivity contribution is 0.389. The molecule has 120 valence electrons. The van der Waals surface area contributed by atoms with E-state index in [-0.39, 0.29) is 7.92 Å². The molecule has 3 atom stereocenters. The summed E-state index contributed by atoms with van der Waals surface area (Å²) in [5.41, 5.74) is 0. The van der Waals surface area contributed by atoms with Crippen LogP contribution >= 0.6 is 7.92 Å². The lowest BCUT2D eigenvalue weighted by Crippen LogP contribution is -2.12. The minimum atomic E-state index is 0.0618. The van der Waals surface area contributed by atoms with Gasteiger partial charge in [0.1, 0.15) is 0 Å². The molecule has 0 aliphatic rings. The molecule has 0 aliphatic carbocycles. The molecule has 3 unspecified atom stereocenters. The smallest absolute Gasteiger partial charge is 0.0240 e.